The highest BCUT2D eigenvalue weighted by Gasteiger charge is 2.21. The minimum absolute atomic E-state index is 0.0920. The summed E-state index contributed by atoms with van der Waals surface area (Å²) in [6.07, 6.45) is 0. The molecule has 1 rings (SSSR count). The minimum Gasteiger partial charge on any atom is -0.507 e. The van der Waals surface area contributed by atoms with E-state index in [0.717, 1.165) is 5.56 Å². The predicted molar refractivity (Wildman–Crippen MR) is 58.8 cm³/mol. The minimum atomic E-state index is -1.14. The summed E-state index contributed by atoms with van der Waals surface area (Å²) in [6.45, 7) is 3.83. The predicted octanol–water partition coefficient (Wildman–Crippen LogP) is 2.61. The molecule has 0 aromatic heterocycles. The van der Waals surface area contributed by atoms with Gasteiger partial charge < -0.3 is 10.2 Å². The lowest BCUT2D eigenvalue weighted by molar-refractivity contribution is 0.0693. The number of rotatable bonds is 3. The van der Waals surface area contributed by atoms with Crippen LogP contribution in [-0.4, -0.2) is 22.1 Å². The molecule has 0 bridgehead atoms. The Morgan fingerprint density at radius 1 is 1.47 bits per heavy atom. The normalized spacial score (nSPS) is 11.4. The molecule has 0 spiro atoms. The van der Waals surface area contributed by atoms with Crippen molar-refractivity contribution in [1.82, 2.24) is 0 Å². The van der Waals surface area contributed by atoms with Gasteiger partial charge in [0.25, 0.3) is 0 Å². The first-order chi connectivity index (χ1) is 6.88. The van der Waals surface area contributed by atoms with Gasteiger partial charge in [-0.3, -0.25) is 0 Å². The van der Waals surface area contributed by atoms with E-state index in [9.17, 15) is 9.90 Å². The molecule has 2 N–H and O–H groups in total. The first-order valence-corrected chi connectivity index (χ1v) is 5.04. The number of phenols is 1. The molecule has 0 aliphatic carbocycles. The summed E-state index contributed by atoms with van der Waals surface area (Å²) in [5, 5.41) is 18.2. The van der Waals surface area contributed by atoms with Crippen molar-refractivity contribution in [3.05, 3.63) is 29.3 Å². The van der Waals surface area contributed by atoms with E-state index in [1.807, 2.05) is 13.8 Å². The Hall–Kier alpha value is -1.22. The zero-order valence-corrected chi connectivity index (χ0v) is 9.38. The van der Waals surface area contributed by atoms with Crippen molar-refractivity contribution < 1.29 is 15.0 Å². The zero-order valence-electron chi connectivity index (χ0n) is 8.62. The lowest BCUT2D eigenvalue weighted by Gasteiger charge is -2.22. The highest BCUT2D eigenvalue weighted by atomic mass is 35.5. The van der Waals surface area contributed by atoms with Crippen molar-refractivity contribution in [2.45, 2.75) is 19.3 Å². The molecule has 4 heteroatoms. The Morgan fingerprint density at radius 2 is 2.07 bits per heavy atom. The largest absolute Gasteiger partial charge is 0.507 e. The van der Waals surface area contributed by atoms with Gasteiger partial charge in [-0.15, -0.1) is 11.6 Å². The molecule has 0 heterocycles. The average molecular weight is 229 g/mol. The first kappa shape index (κ1) is 11.9. The van der Waals surface area contributed by atoms with Crippen LogP contribution in [0.5, 0.6) is 5.75 Å². The second-order valence-electron chi connectivity index (χ2n) is 4.05. The molecular weight excluding hydrogens is 216 g/mol. The second kappa shape index (κ2) is 4.11. The fraction of sp³-hybridized carbons (Fsp3) is 0.364. The maximum absolute atomic E-state index is 10.8. The Kier molecular flexibility index (Phi) is 3.25. The van der Waals surface area contributed by atoms with Gasteiger partial charge in [0.2, 0.25) is 0 Å². The lowest BCUT2D eigenvalue weighted by Crippen LogP contribution is -2.19. The third-order valence-corrected chi connectivity index (χ3v) is 3.01. The van der Waals surface area contributed by atoms with Gasteiger partial charge in [-0.2, -0.15) is 0 Å². The molecule has 1 aromatic rings. The van der Waals surface area contributed by atoms with Crippen LogP contribution in [0.3, 0.4) is 0 Å². The van der Waals surface area contributed by atoms with Gasteiger partial charge in [0.1, 0.15) is 11.3 Å². The van der Waals surface area contributed by atoms with E-state index >= 15 is 0 Å². The van der Waals surface area contributed by atoms with E-state index in [1.54, 1.807) is 6.07 Å². The van der Waals surface area contributed by atoms with Gasteiger partial charge in [0.05, 0.1) is 0 Å². The zero-order chi connectivity index (χ0) is 11.6. The topological polar surface area (TPSA) is 57.5 Å². The van der Waals surface area contributed by atoms with Gasteiger partial charge in [0, 0.05) is 11.3 Å². The number of hydrogen-bond donors (Lipinski definition) is 2. The van der Waals surface area contributed by atoms with Gasteiger partial charge in [-0.05, 0) is 17.7 Å². The maximum atomic E-state index is 10.8. The summed E-state index contributed by atoms with van der Waals surface area (Å²) in [5.74, 6) is -0.979. The summed E-state index contributed by atoms with van der Waals surface area (Å²) in [5.41, 5.74) is 0.401. The highest BCUT2D eigenvalue weighted by Crippen LogP contribution is 2.28. The number of halogens is 1. The molecule has 15 heavy (non-hydrogen) atoms. The molecule has 0 unspecified atom stereocenters. The first-order valence-electron chi connectivity index (χ1n) is 4.51. The van der Waals surface area contributed by atoms with Crippen molar-refractivity contribution in [3.63, 3.8) is 0 Å². The van der Waals surface area contributed by atoms with E-state index in [2.05, 4.69) is 0 Å². The molecule has 0 saturated heterocycles. The van der Waals surface area contributed by atoms with Crippen LogP contribution in [-0.2, 0) is 5.41 Å². The third-order valence-electron chi connectivity index (χ3n) is 2.34. The van der Waals surface area contributed by atoms with Gasteiger partial charge in [-0.25, -0.2) is 4.79 Å². The molecule has 0 aliphatic rings. The van der Waals surface area contributed by atoms with E-state index in [1.165, 1.54) is 12.1 Å². The van der Waals surface area contributed by atoms with Crippen molar-refractivity contribution in [2.75, 3.05) is 5.88 Å². The van der Waals surface area contributed by atoms with Crippen molar-refractivity contribution in [2.24, 2.45) is 0 Å². The number of carbonyl (C=O) groups is 1. The monoisotopic (exact) mass is 228 g/mol. The summed E-state index contributed by atoms with van der Waals surface area (Å²) in [6, 6.07) is 4.53. The van der Waals surface area contributed by atoms with Crippen LogP contribution >= 0.6 is 11.6 Å². The average Bonchev–Trinajstić information content (AvgIpc) is 2.17. The van der Waals surface area contributed by atoms with Crippen LogP contribution in [0.1, 0.15) is 29.8 Å². The lowest BCUT2D eigenvalue weighted by atomic mass is 9.86. The standard InChI is InChI=1S/C11H13ClO3/c1-11(2,6-12)7-3-4-9(13)8(5-7)10(14)15/h3-5,13H,6H2,1-2H3,(H,14,15). The van der Waals surface area contributed by atoms with Crippen LogP contribution < -0.4 is 0 Å². The Bertz CT molecular complexity index is 385. The molecule has 0 saturated carbocycles. The summed E-state index contributed by atoms with van der Waals surface area (Å²) < 4.78 is 0. The van der Waals surface area contributed by atoms with Crippen molar-refractivity contribution >= 4 is 17.6 Å². The Labute approximate surface area is 93.3 Å². The van der Waals surface area contributed by atoms with Gasteiger partial charge >= 0.3 is 5.97 Å². The number of benzene rings is 1. The van der Waals surface area contributed by atoms with Gasteiger partial charge in [-0.1, -0.05) is 19.9 Å². The SMILES string of the molecule is CC(C)(CCl)c1ccc(O)c(C(=O)O)c1. The Morgan fingerprint density at radius 3 is 2.53 bits per heavy atom. The number of aromatic hydroxyl groups is 1. The summed E-state index contributed by atoms with van der Waals surface area (Å²) in [7, 11) is 0. The van der Waals surface area contributed by atoms with E-state index in [-0.39, 0.29) is 16.7 Å². The number of alkyl halides is 1. The Balaban J connectivity index is 3.25. The van der Waals surface area contributed by atoms with Crippen molar-refractivity contribution in [3.8, 4) is 5.75 Å². The molecule has 0 aliphatic heterocycles. The quantitative estimate of drug-likeness (QED) is 0.782. The third kappa shape index (κ3) is 2.42. The number of carboxylic acids is 1. The van der Waals surface area contributed by atoms with E-state index < -0.39 is 5.97 Å². The second-order valence-corrected chi connectivity index (χ2v) is 4.32. The molecule has 82 valence electrons. The number of hydrogen-bond acceptors (Lipinski definition) is 2. The molecule has 0 atom stereocenters. The van der Waals surface area contributed by atoms with E-state index in [4.69, 9.17) is 16.7 Å². The van der Waals surface area contributed by atoms with Crippen molar-refractivity contribution in [1.29, 1.82) is 0 Å². The maximum Gasteiger partial charge on any atom is 0.339 e. The summed E-state index contributed by atoms with van der Waals surface area (Å²) in [4.78, 5) is 10.8. The van der Waals surface area contributed by atoms with Gasteiger partial charge in [0.15, 0.2) is 0 Å². The molecule has 0 amide bonds. The molecule has 0 radical (unpaired) electrons. The smallest absolute Gasteiger partial charge is 0.339 e. The van der Waals surface area contributed by atoms with Crippen LogP contribution in [0.4, 0.5) is 0 Å². The summed E-state index contributed by atoms with van der Waals surface area (Å²) >= 11 is 5.79. The molecular formula is C11H13ClO3. The van der Waals surface area contributed by atoms with Crippen LogP contribution in [0.2, 0.25) is 0 Å². The van der Waals surface area contributed by atoms with E-state index in [0.29, 0.717) is 5.88 Å². The molecule has 3 nitrogen and oxygen atoms in total. The number of aromatic carboxylic acids is 1. The molecule has 1 aromatic carbocycles. The fourth-order valence-electron chi connectivity index (χ4n) is 1.21. The van der Waals surface area contributed by atoms with Crippen LogP contribution in [0.25, 0.3) is 0 Å². The van der Waals surface area contributed by atoms with Crippen LogP contribution in [0, 0.1) is 0 Å². The fourth-order valence-corrected chi connectivity index (χ4v) is 1.36. The van der Waals surface area contributed by atoms with Crippen LogP contribution in [0.15, 0.2) is 18.2 Å². The highest BCUT2D eigenvalue weighted by molar-refractivity contribution is 6.18. The molecule has 0 fully saturated rings. The number of carboxylic acid groups (broad SMARTS) is 1.